The van der Waals surface area contributed by atoms with Crippen molar-refractivity contribution in [2.24, 2.45) is 22.2 Å². The quantitative estimate of drug-likeness (QED) is 0.0774. The molecule has 5 rings (SSSR count). The van der Waals surface area contributed by atoms with Crippen LogP contribution in [0.25, 0.3) is 22.4 Å². The third kappa shape index (κ3) is 7.31. The Morgan fingerprint density at radius 1 is 0.933 bits per heavy atom. The van der Waals surface area contributed by atoms with Gasteiger partial charge in [-0.1, -0.05) is 18.2 Å². The second-order valence-corrected chi connectivity index (χ2v) is 10.2. The molecule has 12 nitrogen and oxygen atoms in total. The number of hydrogen-bond donors (Lipinski definition) is 5. The van der Waals surface area contributed by atoms with Crippen LogP contribution < -0.4 is 32.0 Å². The standard InChI is InChI=1S/C33H33N7O5/c1-44-24-13-11-22(12-14-24)38-32(43)21-10-15-28-27(18-21)39-31(40(28)29(30(34)42)9-4-16-37-33(35)36)20-5-2-7-25(17-20)45-26-8-3-6-23(41)19-26/h2-3,5-8,10-15,17-19,29,41H,4,9,16H2,1H3,(H2,34,42)(H,38,43)(H4,35,36,37)/t29-/m1/s1. The van der Waals surface area contributed by atoms with E-state index in [-0.39, 0.29) is 17.6 Å². The van der Waals surface area contributed by atoms with Crippen molar-refractivity contribution >= 4 is 34.5 Å². The number of phenolic OH excluding ortho intramolecular Hbond substituents is 1. The summed E-state index contributed by atoms with van der Waals surface area (Å²) in [6.45, 7) is 0.316. The number of rotatable bonds is 12. The van der Waals surface area contributed by atoms with E-state index in [9.17, 15) is 14.7 Å². The van der Waals surface area contributed by atoms with Gasteiger partial charge in [-0.05, 0) is 79.6 Å². The van der Waals surface area contributed by atoms with E-state index in [0.717, 1.165) is 0 Å². The lowest BCUT2D eigenvalue weighted by atomic mass is 10.1. The highest BCUT2D eigenvalue weighted by Crippen LogP contribution is 2.34. The Kier molecular flexibility index (Phi) is 9.13. The van der Waals surface area contributed by atoms with E-state index in [4.69, 9.17) is 31.7 Å². The van der Waals surface area contributed by atoms with Crippen molar-refractivity contribution in [1.29, 1.82) is 0 Å². The number of hydrogen-bond acceptors (Lipinski definition) is 7. The molecular weight excluding hydrogens is 574 g/mol. The number of nitrogens with one attached hydrogen (secondary N) is 1. The van der Waals surface area contributed by atoms with Crippen LogP contribution in [0.3, 0.4) is 0 Å². The SMILES string of the molecule is COc1ccc(NC(=O)c2ccc3c(c2)nc(-c2cccc(Oc4cccc(O)c4)c2)n3[C@H](CCCN=C(N)N)C(N)=O)cc1. The molecule has 0 aliphatic rings. The van der Waals surface area contributed by atoms with Crippen LogP contribution in [0.4, 0.5) is 5.69 Å². The fourth-order valence-corrected chi connectivity index (χ4v) is 4.91. The highest BCUT2D eigenvalue weighted by Gasteiger charge is 2.25. The van der Waals surface area contributed by atoms with Gasteiger partial charge in [-0.3, -0.25) is 14.6 Å². The molecule has 0 unspecified atom stereocenters. The van der Waals surface area contributed by atoms with Crippen molar-refractivity contribution < 1.29 is 24.2 Å². The van der Waals surface area contributed by atoms with Crippen LogP contribution in [0.5, 0.6) is 23.0 Å². The van der Waals surface area contributed by atoms with E-state index in [1.165, 1.54) is 6.07 Å². The van der Waals surface area contributed by atoms with Gasteiger partial charge in [0, 0.05) is 29.4 Å². The Labute approximate surface area is 259 Å². The smallest absolute Gasteiger partial charge is 0.255 e. The van der Waals surface area contributed by atoms with Crippen LogP contribution in [-0.2, 0) is 4.79 Å². The summed E-state index contributed by atoms with van der Waals surface area (Å²) in [5.41, 5.74) is 19.6. The molecule has 0 fully saturated rings. The number of carbonyl (C=O) groups excluding carboxylic acids is 2. The molecule has 0 bridgehead atoms. The van der Waals surface area contributed by atoms with E-state index < -0.39 is 11.9 Å². The summed E-state index contributed by atoms with van der Waals surface area (Å²) in [7, 11) is 1.57. The molecule has 0 saturated carbocycles. The molecule has 1 aromatic heterocycles. The van der Waals surface area contributed by atoms with Crippen LogP contribution in [0, 0.1) is 0 Å². The number of ether oxygens (including phenoxy) is 2. The summed E-state index contributed by atoms with van der Waals surface area (Å²) in [6.07, 6.45) is 0.817. The van der Waals surface area contributed by atoms with Crippen LogP contribution in [-0.4, -0.2) is 46.1 Å². The van der Waals surface area contributed by atoms with Gasteiger partial charge in [0.25, 0.3) is 5.91 Å². The lowest BCUT2D eigenvalue weighted by molar-refractivity contribution is -0.121. The van der Waals surface area contributed by atoms with E-state index in [2.05, 4.69) is 10.3 Å². The Morgan fingerprint density at radius 2 is 1.67 bits per heavy atom. The summed E-state index contributed by atoms with van der Waals surface area (Å²) in [5.74, 6) is 1.20. The van der Waals surface area contributed by atoms with Crippen molar-refractivity contribution in [2.45, 2.75) is 18.9 Å². The fourth-order valence-electron chi connectivity index (χ4n) is 4.91. The molecule has 1 heterocycles. The van der Waals surface area contributed by atoms with Crippen molar-refractivity contribution in [3.05, 3.63) is 96.6 Å². The van der Waals surface area contributed by atoms with Gasteiger partial charge < -0.3 is 41.7 Å². The van der Waals surface area contributed by atoms with Crippen LogP contribution in [0.15, 0.2) is 96.0 Å². The maximum absolute atomic E-state index is 13.2. The number of benzene rings is 4. The Balaban J connectivity index is 1.54. The van der Waals surface area contributed by atoms with Crippen molar-refractivity contribution in [3.8, 4) is 34.4 Å². The number of fused-ring (bicyclic) bond motifs is 1. The molecule has 8 N–H and O–H groups in total. The minimum atomic E-state index is -0.797. The predicted octanol–water partition coefficient (Wildman–Crippen LogP) is 4.54. The number of aromatic nitrogens is 2. The zero-order valence-electron chi connectivity index (χ0n) is 24.5. The minimum absolute atomic E-state index is 0.0385. The lowest BCUT2D eigenvalue weighted by Gasteiger charge is -2.19. The Morgan fingerprint density at radius 3 is 2.36 bits per heavy atom. The largest absolute Gasteiger partial charge is 0.508 e. The molecule has 2 amide bonds. The normalized spacial score (nSPS) is 11.5. The summed E-state index contributed by atoms with van der Waals surface area (Å²) in [4.78, 5) is 34.9. The van der Waals surface area contributed by atoms with Gasteiger partial charge in [0.05, 0.1) is 18.1 Å². The number of nitrogens with zero attached hydrogens (tertiary/aromatic N) is 3. The zero-order chi connectivity index (χ0) is 31.9. The van der Waals surface area contributed by atoms with E-state index in [1.54, 1.807) is 90.5 Å². The van der Waals surface area contributed by atoms with Crippen LogP contribution in [0.2, 0.25) is 0 Å². The summed E-state index contributed by atoms with van der Waals surface area (Å²) in [5, 5.41) is 12.7. The number of guanidine groups is 1. The number of primary amides is 1. The molecule has 0 radical (unpaired) electrons. The first-order chi connectivity index (χ1) is 21.7. The van der Waals surface area contributed by atoms with Gasteiger partial charge in [0.1, 0.15) is 34.9 Å². The molecule has 0 spiro atoms. The van der Waals surface area contributed by atoms with Crippen LogP contribution >= 0.6 is 0 Å². The summed E-state index contributed by atoms with van der Waals surface area (Å²) in [6, 6.07) is 24.9. The van der Waals surface area contributed by atoms with Gasteiger partial charge in [-0.15, -0.1) is 0 Å². The maximum atomic E-state index is 13.2. The van der Waals surface area contributed by atoms with E-state index >= 15 is 0 Å². The predicted molar refractivity (Wildman–Crippen MR) is 172 cm³/mol. The number of aliphatic imine (C=N–C) groups is 1. The second kappa shape index (κ2) is 13.5. The first-order valence-electron chi connectivity index (χ1n) is 14.1. The average Bonchev–Trinajstić information content (AvgIpc) is 3.40. The molecule has 45 heavy (non-hydrogen) atoms. The zero-order valence-corrected chi connectivity index (χ0v) is 24.5. The number of anilines is 1. The van der Waals surface area contributed by atoms with Gasteiger partial charge in [-0.2, -0.15) is 0 Å². The highest BCUT2D eigenvalue weighted by molar-refractivity contribution is 6.06. The second-order valence-electron chi connectivity index (χ2n) is 10.2. The molecule has 230 valence electrons. The molecule has 5 aromatic rings. The van der Waals surface area contributed by atoms with Crippen molar-refractivity contribution in [2.75, 3.05) is 19.0 Å². The van der Waals surface area contributed by atoms with Crippen molar-refractivity contribution in [3.63, 3.8) is 0 Å². The van der Waals surface area contributed by atoms with E-state index in [0.29, 0.717) is 70.3 Å². The minimum Gasteiger partial charge on any atom is -0.508 e. The summed E-state index contributed by atoms with van der Waals surface area (Å²) < 4.78 is 12.9. The van der Waals surface area contributed by atoms with Gasteiger partial charge in [-0.25, -0.2) is 4.98 Å². The topological polar surface area (TPSA) is 193 Å². The average molecular weight is 608 g/mol. The molecule has 0 aliphatic heterocycles. The number of carbonyl (C=O) groups is 2. The Hall–Kier alpha value is -6.04. The molecule has 1 atom stereocenters. The number of aromatic hydroxyl groups is 1. The maximum Gasteiger partial charge on any atom is 0.255 e. The number of phenols is 1. The molecule has 12 heteroatoms. The third-order valence-electron chi connectivity index (χ3n) is 7.02. The monoisotopic (exact) mass is 607 g/mol. The van der Waals surface area contributed by atoms with Gasteiger partial charge in [0.15, 0.2) is 5.96 Å². The number of imidazole rings is 1. The fraction of sp³-hybridized carbons (Fsp3) is 0.152. The third-order valence-corrected chi connectivity index (χ3v) is 7.02. The number of nitrogens with two attached hydrogens (primary N) is 3. The molecular formula is C33H33N7O5. The van der Waals surface area contributed by atoms with Gasteiger partial charge >= 0.3 is 0 Å². The molecule has 4 aromatic carbocycles. The first-order valence-corrected chi connectivity index (χ1v) is 14.1. The van der Waals surface area contributed by atoms with E-state index in [1.807, 2.05) is 6.07 Å². The summed E-state index contributed by atoms with van der Waals surface area (Å²) >= 11 is 0. The molecule has 0 saturated heterocycles. The number of methoxy groups -OCH3 is 1. The first kappa shape index (κ1) is 30.4. The number of amides is 2. The highest BCUT2D eigenvalue weighted by atomic mass is 16.5. The lowest BCUT2D eigenvalue weighted by Crippen LogP contribution is -2.27. The molecule has 0 aliphatic carbocycles. The van der Waals surface area contributed by atoms with Crippen molar-refractivity contribution in [1.82, 2.24) is 9.55 Å². The van der Waals surface area contributed by atoms with Gasteiger partial charge in [0.2, 0.25) is 5.91 Å². The van der Waals surface area contributed by atoms with Crippen LogP contribution in [0.1, 0.15) is 29.2 Å². The Bertz CT molecular complexity index is 1860.